The quantitative estimate of drug-likeness (QED) is 0.287. The molecule has 35 heavy (non-hydrogen) atoms. The Hall–Kier alpha value is -5.19. The van der Waals surface area contributed by atoms with Gasteiger partial charge in [0.15, 0.2) is 0 Å². The van der Waals surface area contributed by atoms with Crippen LogP contribution in [0.2, 0.25) is 0 Å². The smallest absolute Gasteiger partial charge is 0.101 e. The van der Waals surface area contributed by atoms with Gasteiger partial charge in [-0.3, -0.25) is 4.98 Å². The third-order valence-corrected chi connectivity index (χ3v) is 6.32. The van der Waals surface area contributed by atoms with E-state index in [9.17, 15) is 10.5 Å². The molecular weight excluding hydrogens is 428 g/mol. The zero-order valence-electron chi connectivity index (χ0n) is 18.7. The number of aromatic nitrogens is 2. The van der Waals surface area contributed by atoms with Gasteiger partial charge in [-0.05, 0) is 54.1 Å². The van der Waals surface area contributed by atoms with E-state index < -0.39 is 0 Å². The largest absolute Gasteiger partial charge is 0.309 e. The molecule has 4 aromatic carbocycles. The van der Waals surface area contributed by atoms with Gasteiger partial charge in [-0.15, -0.1) is 0 Å². The van der Waals surface area contributed by atoms with Crippen LogP contribution in [0.5, 0.6) is 0 Å². The maximum absolute atomic E-state index is 9.56. The van der Waals surface area contributed by atoms with Crippen LogP contribution in [0.4, 0.5) is 0 Å². The van der Waals surface area contributed by atoms with Crippen LogP contribution in [-0.2, 0) is 0 Å². The number of fused-ring (bicyclic) bond motifs is 3. The van der Waals surface area contributed by atoms with E-state index in [1.54, 1.807) is 18.3 Å². The Bertz CT molecular complexity index is 1830. The number of benzene rings is 4. The molecular formula is C31H18N4. The predicted molar refractivity (Wildman–Crippen MR) is 139 cm³/mol. The summed E-state index contributed by atoms with van der Waals surface area (Å²) in [5.74, 6) is 0. The molecule has 2 heterocycles. The summed E-state index contributed by atoms with van der Waals surface area (Å²) in [5, 5.41) is 21.2. The van der Waals surface area contributed by atoms with Gasteiger partial charge in [0.2, 0.25) is 0 Å². The Morgan fingerprint density at radius 2 is 1.43 bits per heavy atom. The van der Waals surface area contributed by atoms with Crippen molar-refractivity contribution < 1.29 is 0 Å². The first kappa shape index (κ1) is 20.4. The summed E-state index contributed by atoms with van der Waals surface area (Å²) >= 11 is 0. The minimum absolute atomic E-state index is 0.550. The molecule has 0 spiro atoms. The molecule has 0 aliphatic rings. The molecule has 0 fully saturated rings. The van der Waals surface area contributed by atoms with Crippen LogP contribution in [0, 0.1) is 22.7 Å². The third kappa shape index (κ3) is 3.33. The van der Waals surface area contributed by atoms with Crippen LogP contribution in [-0.4, -0.2) is 9.55 Å². The summed E-state index contributed by atoms with van der Waals surface area (Å²) in [7, 11) is 0. The SMILES string of the molecule is N#Cc1ccc2c(c1)c1ccccc1n2-c1ccccc1-c1cccc(-c2ncccc2C#N)c1. The maximum Gasteiger partial charge on any atom is 0.101 e. The summed E-state index contributed by atoms with van der Waals surface area (Å²) < 4.78 is 2.26. The van der Waals surface area contributed by atoms with Crippen LogP contribution < -0.4 is 0 Å². The standard InChI is InChI=1S/C31H18N4/c32-19-21-14-15-30-27(17-21)26-11-2-4-13-29(26)35(30)28-12-3-1-10-25(28)22-7-5-8-23(18-22)31-24(20-33)9-6-16-34-31/h1-18H. The van der Waals surface area contributed by atoms with Gasteiger partial charge >= 0.3 is 0 Å². The highest BCUT2D eigenvalue weighted by Gasteiger charge is 2.16. The minimum Gasteiger partial charge on any atom is -0.309 e. The van der Waals surface area contributed by atoms with Gasteiger partial charge in [0, 0.05) is 28.1 Å². The van der Waals surface area contributed by atoms with E-state index in [2.05, 4.69) is 58.1 Å². The number of para-hydroxylation sites is 2. The van der Waals surface area contributed by atoms with Crippen LogP contribution in [0.25, 0.3) is 49.9 Å². The highest BCUT2D eigenvalue weighted by atomic mass is 15.0. The summed E-state index contributed by atoms with van der Waals surface area (Å²) in [4.78, 5) is 4.47. The second-order valence-electron chi connectivity index (χ2n) is 8.31. The molecule has 0 bridgehead atoms. The number of nitrogens with zero attached hydrogens (tertiary/aromatic N) is 4. The minimum atomic E-state index is 0.550. The number of rotatable bonds is 3. The summed E-state index contributed by atoms with van der Waals surface area (Å²) in [6, 6.07) is 38.7. The number of nitriles is 2. The fourth-order valence-electron chi connectivity index (χ4n) is 4.77. The number of hydrogen-bond acceptors (Lipinski definition) is 3. The van der Waals surface area contributed by atoms with E-state index in [0.29, 0.717) is 16.8 Å². The topological polar surface area (TPSA) is 65.4 Å². The van der Waals surface area contributed by atoms with Gasteiger partial charge in [-0.1, -0.05) is 54.6 Å². The van der Waals surface area contributed by atoms with E-state index >= 15 is 0 Å². The lowest BCUT2D eigenvalue weighted by molar-refractivity contribution is 1.18. The lowest BCUT2D eigenvalue weighted by Crippen LogP contribution is -1.97. The normalized spacial score (nSPS) is 10.8. The number of pyridine rings is 1. The molecule has 4 nitrogen and oxygen atoms in total. The zero-order chi connectivity index (χ0) is 23.8. The molecule has 4 heteroatoms. The first-order chi connectivity index (χ1) is 17.3. The van der Waals surface area contributed by atoms with E-state index in [4.69, 9.17) is 0 Å². The van der Waals surface area contributed by atoms with Gasteiger partial charge in [0.05, 0.1) is 39.6 Å². The van der Waals surface area contributed by atoms with Crippen molar-refractivity contribution in [2.75, 3.05) is 0 Å². The summed E-state index contributed by atoms with van der Waals surface area (Å²) in [5.41, 5.74) is 8.04. The van der Waals surface area contributed by atoms with Crippen molar-refractivity contribution in [2.24, 2.45) is 0 Å². The molecule has 0 amide bonds. The number of hydrogen-bond donors (Lipinski definition) is 0. The third-order valence-electron chi connectivity index (χ3n) is 6.32. The van der Waals surface area contributed by atoms with Crippen molar-refractivity contribution in [3.8, 4) is 40.2 Å². The molecule has 6 aromatic rings. The van der Waals surface area contributed by atoms with Crippen LogP contribution in [0.3, 0.4) is 0 Å². The molecule has 0 radical (unpaired) electrons. The second kappa shape index (κ2) is 8.30. The van der Waals surface area contributed by atoms with E-state index in [-0.39, 0.29) is 0 Å². The van der Waals surface area contributed by atoms with Crippen LogP contribution in [0.1, 0.15) is 11.1 Å². The highest BCUT2D eigenvalue weighted by Crippen LogP contribution is 2.37. The lowest BCUT2D eigenvalue weighted by atomic mass is 9.98. The van der Waals surface area contributed by atoms with Crippen molar-refractivity contribution in [3.05, 3.63) is 120 Å². The molecule has 0 aliphatic heterocycles. The molecule has 162 valence electrons. The molecule has 2 aromatic heterocycles. The van der Waals surface area contributed by atoms with Crippen molar-refractivity contribution in [3.63, 3.8) is 0 Å². The Labute approximate surface area is 202 Å². The fraction of sp³-hybridized carbons (Fsp3) is 0. The molecule has 0 saturated heterocycles. The van der Waals surface area contributed by atoms with E-state index in [0.717, 1.165) is 44.2 Å². The zero-order valence-corrected chi connectivity index (χ0v) is 18.7. The van der Waals surface area contributed by atoms with Crippen molar-refractivity contribution >= 4 is 21.8 Å². The van der Waals surface area contributed by atoms with Crippen molar-refractivity contribution in [2.45, 2.75) is 0 Å². The van der Waals surface area contributed by atoms with Crippen molar-refractivity contribution in [1.82, 2.24) is 9.55 Å². The Morgan fingerprint density at radius 3 is 2.31 bits per heavy atom. The van der Waals surface area contributed by atoms with Gasteiger partial charge in [-0.2, -0.15) is 10.5 Å². The van der Waals surface area contributed by atoms with Gasteiger partial charge < -0.3 is 4.57 Å². The average molecular weight is 447 g/mol. The summed E-state index contributed by atoms with van der Waals surface area (Å²) in [6.45, 7) is 0. The molecule has 6 rings (SSSR count). The lowest BCUT2D eigenvalue weighted by Gasteiger charge is -2.15. The Balaban J connectivity index is 1.61. The molecule has 0 atom stereocenters. The molecule has 0 unspecified atom stereocenters. The average Bonchev–Trinajstić information content (AvgIpc) is 3.26. The Kier molecular flexibility index (Phi) is 4.84. The predicted octanol–water partition coefficient (Wildman–Crippen LogP) is 7.26. The van der Waals surface area contributed by atoms with Gasteiger partial charge in [0.25, 0.3) is 0 Å². The Morgan fingerprint density at radius 1 is 0.629 bits per heavy atom. The molecule has 0 saturated carbocycles. The van der Waals surface area contributed by atoms with Crippen molar-refractivity contribution in [1.29, 1.82) is 10.5 Å². The van der Waals surface area contributed by atoms with E-state index in [1.807, 2.05) is 54.6 Å². The first-order valence-corrected chi connectivity index (χ1v) is 11.3. The fourth-order valence-corrected chi connectivity index (χ4v) is 4.77. The molecule has 0 aliphatic carbocycles. The van der Waals surface area contributed by atoms with Gasteiger partial charge in [-0.25, -0.2) is 0 Å². The molecule has 0 N–H and O–H groups in total. The second-order valence-corrected chi connectivity index (χ2v) is 8.31. The van der Waals surface area contributed by atoms with Crippen LogP contribution >= 0.6 is 0 Å². The monoisotopic (exact) mass is 446 g/mol. The highest BCUT2D eigenvalue weighted by molar-refractivity contribution is 6.10. The first-order valence-electron chi connectivity index (χ1n) is 11.3. The summed E-state index contributed by atoms with van der Waals surface area (Å²) in [6.07, 6.45) is 1.71. The van der Waals surface area contributed by atoms with E-state index in [1.165, 1.54) is 0 Å². The maximum atomic E-state index is 9.56. The van der Waals surface area contributed by atoms with Gasteiger partial charge in [0.1, 0.15) is 6.07 Å². The van der Waals surface area contributed by atoms with Crippen LogP contribution in [0.15, 0.2) is 109 Å².